The average molecular weight is 188 g/mol. The molecule has 1 rings (SSSR count). The number of hydrogen-bond donors (Lipinski definition) is 0. The first-order valence-electron chi connectivity index (χ1n) is 5.52. The molecule has 0 atom stereocenters. The summed E-state index contributed by atoms with van der Waals surface area (Å²) in [7, 11) is 0. The summed E-state index contributed by atoms with van der Waals surface area (Å²) in [5.41, 5.74) is 0. The largest absolute Gasteiger partial charge is 0.348 e. The Hall–Kier alpha value is -0.0800. The van der Waals surface area contributed by atoms with Gasteiger partial charge in [0.2, 0.25) is 0 Å². The first kappa shape index (κ1) is 12.9. The number of ether oxygens (including phenoxy) is 2. The molecule has 13 heavy (non-hydrogen) atoms. The lowest BCUT2D eigenvalue weighted by Gasteiger charge is -2.24. The Labute approximate surface area is 82.6 Å². The topological polar surface area (TPSA) is 18.5 Å². The minimum absolute atomic E-state index is 0.214. The van der Waals surface area contributed by atoms with Gasteiger partial charge < -0.3 is 9.47 Å². The van der Waals surface area contributed by atoms with E-state index < -0.39 is 0 Å². The Morgan fingerprint density at radius 1 is 1.00 bits per heavy atom. The third-order valence-electron chi connectivity index (χ3n) is 1.98. The lowest BCUT2D eigenvalue weighted by molar-refractivity contribution is -0.163. The van der Waals surface area contributed by atoms with Gasteiger partial charge in [-0.1, -0.05) is 40.5 Å². The van der Waals surface area contributed by atoms with Crippen molar-refractivity contribution in [1.82, 2.24) is 0 Å². The maximum atomic E-state index is 5.51. The van der Waals surface area contributed by atoms with Crippen molar-refractivity contribution in [1.29, 1.82) is 0 Å². The molecule has 0 unspecified atom stereocenters. The lowest BCUT2D eigenvalue weighted by Crippen LogP contribution is -2.28. The van der Waals surface area contributed by atoms with Crippen molar-refractivity contribution in [2.75, 3.05) is 13.2 Å². The SMILES string of the molecule is CCC.CCCC1(CC)OCCO1. The van der Waals surface area contributed by atoms with Crippen LogP contribution >= 0.6 is 0 Å². The molecule has 2 heteroatoms. The van der Waals surface area contributed by atoms with Crippen molar-refractivity contribution in [2.45, 2.75) is 59.2 Å². The summed E-state index contributed by atoms with van der Waals surface area (Å²) in [6.45, 7) is 10.1. The molecular formula is C11H24O2. The molecule has 0 bridgehead atoms. The molecule has 1 fully saturated rings. The van der Waals surface area contributed by atoms with Crippen LogP contribution in [0.3, 0.4) is 0 Å². The van der Waals surface area contributed by atoms with Crippen LogP contribution in [0.15, 0.2) is 0 Å². The summed E-state index contributed by atoms with van der Waals surface area (Å²) in [4.78, 5) is 0. The average Bonchev–Trinajstić information content (AvgIpc) is 2.56. The Morgan fingerprint density at radius 3 is 1.77 bits per heavy atom. The highest BCUT2D eigenvalue weighted by Crippen LogP contribution is 2.27. The van der Waals surface area contributed by atoms with Crippen LogP contribution in [0.2, 0.25) is 0 Å². The molecule has 0 saturated carbocycles. The fourth-order valence-electron chi connectivity index (χ4n) is 1.40. The Morgan fingerprint density at radius 2 is 1.46 bits per heavy atom. The van der Waals surface area contributed by atoms with E-state index in [1.54, 1.807) is 0 Å². The van der Waals surface area contributed by atoms with Crippen LogP contribution in [0.1, 0.15) is 53.4 Å². The van der Waals surface area contributed by atoms with Crippen LogP contribution in [0, 0.1) is 0 Å². The van der Waals surface area contributed by atoms with E-state index in [9.17, 15) is 0 Å². The van der Waals surface area contributed by atoms with Gasteiger partial charge in [-0.2, -0.15) is 0 Å². The molecule has 0 radical (unpaired) electrons. The van der Waals surface area contributed by atoms with Crippen LogP contribution < -0.4 is 0 Å². The number of rotatable bonds is 3. The fourth-order valence-corrected chi connectivity index (χ4v) is 1.40. The van der Waals surface area contributed by atoms with Gasteiger partial charge in [-0.3, -0.25) is 0 Å². The van der Waals surface area contributed by atoms with Crippen molar-refractivity contribution in [3.05, 3.63) is 0 Å². The second-order valence-electron chi connectivity index (χ2n) is 3.42. The molecule has 0 aromatic heterocycles. The highest BCUT2D eigenvalue weighted by molar-refractivity contribution is 4.71. The zero-order valence-electron chi connectivity index (χ0n) is 9.56. The minimum atomic E-state index is -0.214. The third kappa shape index (κ3) is 4.63. The molecule has 0 N–H and O–H groups in total. The summed E-state index contributed by atoms with van der Waals surface area (Å²) in [6.07, 6.45) is 4.39. The van der Waals surface area contributed by atoms with E-state index >= 15 is 0 Å². The first-order valence-corrected chi connectivity index (χ1v) is 5.52. The van der Waals surface area contributed by atoms with E-state index in [0.717, 1.165) is 32.5 Å². The summed E-state index contributed by atoms with van der Waals surface area (Å²) in [6, 6.07) is 0. The van der Waals surface area contributed by atoms with Gasteiger partial charge in [0.25, 0.3) is 0 Å². The molecule has 1 aliphatic heterocycles. The van der Waals surface area contributed by atoms with Gasteiger partial charge in [0, 0.05) is 6.42 Å². The Balaban J connectivity index is 0.000000424. The van der Waals surface area contributed by atoms with Crippen LogP contribution in [-0.4, -0.2) is 19.0 Å². The van der Waals surface area contributed by atoms with Crippen molar-refractivity contribution >= 4 is 0 Å². The smallest absolute Gasteiger partial charge is 0.168 e. The molecule has 80 valence electrons. The molecule has 1 saturated heterocycles. The molecule has 0 aromatic carbocycles. The summed E-state index contributed by atoms with van der Waals surface area (Å²) >= 11 is 0. The van der Waals surface area contributed by atoms with E-state index in [-0.39, 0.29) is 5.79 Å². The van der Waals surface area contributed by atoms with Crippen molar-refractivity contribution in [3.8, 4) is 0 Å². The molecule has 2 nitrogen and oxygen atoms in total. The number of hydrogen-bond acceptors (Lipinski definition) is 2. The van der Waals surface area contributed by atoms with Crippen LogP contribution in [0.4, 0.5) is 0 Å². The second kappa shape index (κ2) is 7.34. The van der Waals surface area contributed by atoms with Crippen molar-refractivity contribution in [2.24, 2.45) is 0 Å². The van der Waals surface area contributed by atoms with E-state index in [4.69, 9.17) is 9.47 Å². The van der Waals surface area contributed by atoms with Gasteiger partial charge in [0.1, 0.15) is 0 Å². The second-order valence-corrected chi connectivity index (χ2v) is 3.42. The van der Waals surface area contributed by atoms with Gasteiger partial charge in [0.15, 0.2) is 5.79 Å². The predicted octanol–water partition coefficient (Wildman–Crippen LogP) is 3.36. The maximum Gasteiger partial charge on any atom is 0.168 e. The molecule has 0 spiro atoms. The molecular weight excluding hydrogens is 164 g/mol. The standard InChI is InChI=1S/C8H16O2.C3H8/c1-3-5-8(4-2)9-6-7-10-8;1-3-2/h3-7H2,1-2H3;3H2,1-2H3. The van der Waals surface area contributed by atoms with Gasteiger partial charge >= 0.3 is 0 Å². The maximum absolute atomic E-state index is 5.51. The monoisotopic (exact) mass is 188 g/mol. The Bertz CT molecular complexity index is 107. The molecule has 1 heterocycles. The summed E-state index contributed by atoms with van der Waals surface area (Å²) in [5.74, 6) is -0.214. The normalized spacial score (nSPS) is 19.4. The quantitative estimate of drug-likeness (QED) is 0.676. The van der Waals surface area contributed by atoms with Gasteiger partial charge in [-0.15, -0.1) is 0 Å². The van der Waals surface area contributed by atoms with E-state index in [1.165, 1.54) is 6.42 Å². The van der Waals surface area contributed by atoms with Crippen LogP contribution in [0.25, 0.3) is 0 Å². The Kier molecular flexibility index (Phi) is 7.29. The molecule has 0 aromatic rings. The van der Waals surface area contributed by atoms with E-state index in [2.05, 4.69) is 27.7 Å². The lowest BCUT2D eigenvalue weighted by atomic mass is 10.1. The first-order chi connectivity index (χ1) is 6.24. The van der Waals surface area contributed by atoms with Crippen LogP contribution in [0.5, 0.6) is 0 Å². The van der Waals surface area contributed by atoms with E-state index in [0.29, 0.717) is 0 Å². The predicted molar refractivity (Wildman–Crippen MR) is 55.8 cm³/mol. The van der Waals surface area contributed by atoms with E-state index in [1.807, 2.05) is 0 Å². The van der Waals surface area contributed by atoms with Gasteiger partial charge in [-0.05, 0) is 6.42 Å². The highest BCUT2D eigenvalue weighted by Gasteiger charge is 2.32. The van der Waals surface area contributed by atoms with Gasteiger partial charge in [-0.25, -0.2) is 0 Å². The van der Waals surface area contributed by atoms with Crippen molar-refractivity contribution in [3.63, 3.8) is 0 Å². The molecule has 1 aliphatic rings. The van der Waals surface area contributed by atoms with Gasteiger partial charge in [0.05, 0.1) is 13.2 Å². The zero-order chi connectivity index (χ0) is 10.2. The molecule has 0 aliphatic carbocycles. The highest BCUT2D eigenvalue weighted by atomic mass is 16.7. The zero-order valence-corrected chi connectivity index (χ0v) is 9.56. The molecule has 0 amide bonds. The summed E-state index contributed by atoms with van der Waals surface area (Å²) < 4.78 is 11.0. The fraction of sp³-hybridized carbons (Fsp3) is 1.00. The van der Waals surface area contributed by atoms with Crippen LogP contribution in [-0.2, 0) is 9.47 Å². The van der Waals surface area contributed by atoms with Crippen molar-refractivity contribution < 1.29 is 9.47 Å². The third-order valence-corrected chi connectivity index (χ3v) is 1.98. The summed E-state index contributed by atoms with van der Waals surface area (Å²) in [5, 5.41) is 0. The minimum Gasteiger partial charge on any atom is -0.348 e.